The molecule has 2 rings (SSSR count). The smallest absolute Gasteiger partial charge is 0.244 e. The van der Waals surface area contributed by atoms with Crippen LogP contribution in [0.15, 0.2) is 30.4 Å². The third kappa shape index (κ3) is 3.02. The maximum absolute atomic E-state index is 12.4. The maximum atomic E-state index is 12.4. The first kappa shape index (κ1) is 13.3. The molecule has 1 aliphatic heterocycles. The topological polar surface area (TPSA) is 55.4 Å². The molecule has 100 valence electrons. The lowest BCUT2D eigenvalue weighted by Crippen LogP contribution is -2.40. The predicted octanol–water partition coefficient (Wildman–Crippen LogP) is 2.02. The fourth-order valence-electron chi connectivity index (χ4n) is 2.08. The van der Waals surface area contributed by atoms with E-state index in [9.17, 15) is 9.59 Å². The molecule has 4 heteroatoms. The molecule has 1 heterocycles. The Balaban J connectivity index is 2.25. The summed E-state index contributed by atoms with van der Waals surface area (Å²) < 4.78 is 5.56. The Labute approximate surface area is 112 Å². The van der Waals surface area contributed by atoms with Crippen LogP contribution in [0.25, 0.3) is 0 Å². The molecule has 0 bridgehead atoms. The van der Waals surface area contributed by atoms with Gasteiger partial charge in [0.05, 0.1) is 18.2 Å². The van der Waals surface area contributed by atoms with Crippen LogP contribution in [0.5, 0.6) is 5.75 Å². The van der Waals surface area contributed by atoms with Gasteiger partial charge in [-0.05, 0) is 32.1 Å². The number of hydrogen-bond acceptors (Lipinski definition) is 3. The highest BCUT2D eigenvalue weighted by Gasteiger charge is 2.27. The molecule has 1 amide bonds. The van der Waals surface area contributed by atoms with Crippen molar-refractivity contribution in [2.75, 3.05) is 6.61 Å². The molecule has 1 N–H and O–H groups in total. The molecule has 0 saturated heterocycles. The maximum Gasteiger partial charge on any atom is 0.244 e. The molecule has 19 heavy (non-hydrogen) atoms. The van der Waals surface area contributed by atoms with Crippen molar-refractivity contribution in [3.8, 4) is 5.75 Å². The summed E-state index contributed by atoms with van der Waals surface area (Å²) in [7, 11) is 0. The van der Waals surface area contributed by atoms with E-state index in [0.717, 1.165) is 5.56 Å². The van der Waals surface area contributed by atoms with Gasteiger partial charge in [0, 0.05) is 6.42 Å². The largest absolute Gasteiger partial charge is 0.493 e. The number of hydrogen-bond donors (Lipinski definition) is 1. The number of benzene rings is 1. The molecule has 0 spiro atoms. The summed E-state index contributed by atoms with van der Waals surface area (Å²) in [6.45, 7) is 4.10. The van der Waals surface area contributed by atoms with Gasteiger partial charge < -0.3 is 10.1 Å². The molecule has 1 aliphatic rings. The summed E-state index contributed by atoms with van der Waals surface area (Å²) in [5, 5.41) is 2.71. The van der Waals surface area contributed by atoms with Crippen molar-refractivity contribution >= 4 is 11.7 Å². The Hall–Kier alpha value is -2.10. The highest BCUT2D eigenvalue weighted by atomic mass is 16.5. The van der Waals surface area contributed by atoms with Gasteiger partial charge in [0.25, 0.3) is 0 Å². The standard InChI is InChI=1S/C15H17NO3/c1-3-4-14(17)16-12-7-8-19-13-6-5-10(2)9-11(13)15(12)18/h3-6,9,12H,7-8H2,1-2H3,(H,16,17)/b4-3+. The monoisotopic (exact) mass is 259 g/mol. The lowest BCUT2D eigenvalue weighted by atomic mass is 10.0. The van der Waals surface area contributed by atoms with Crippen LogP contribution < -0.4 is 10.1 Å². The summed E-state index contributed by atoms with van der Waals surface area (Å²) in [5.74, 6) is 0.254. The number of nitrogens with one attached hydrogen (secondary N) is 1. The molecule has 4 nitrogen and oxygen atoms in total. The molecule has 0 saturated carbocycles. The normalized spacial score (nSPS) is 18.6. The lowest BCUT2D eigenvalue weighted by molar-refractivity contribution is -0.117. The van der Waals surface area contributed by atoms with E-state index in [1.54, 1.807) is 25.1 Å². The molecule has 0 aliphatic carbocycles. The number of rotatable bonds is 2. The van der Waals surface area contributed by atoms with Gasteiger partial charge in [-0.1, -0.05) is 17.7 Å². The number of amides is 1. The molecule has 1 aromatic carbocycles. The van der Waals surface area contributed by atoms with Gasteiger partial charge in [-0.3, -0.25) is 9.59 Å². The minimum atomic E-state index is -0.522. The Kier molecular flexibility index (Phi) is 4.00. The predicted molar refractivity (Wildman–Crippen MR) is 72.4 cm³/mol. The van der Waals surface area contributed by atoms with E-state index in [1.165, 1.54) is 6.08 Å². The van der Waals surface area contributed by atoms with Crippen molar-refractivity contribution in [2.45, 2.75) is 26.3 Å². The van der Waals surface area contributed by atoms with E-state index >= 15 is 0 Å². The van der Waals surface area contributed by atoms with E-state index in [4.69, 9.17) is 4.74 Å². The zero-order chi connectivity index (χ0) is 13.8. The van der Waals surface area contributed by atoms with Gasteiger partial charge in [0.2, 0.25) is 5.91 Å². The van der Waals surface area contributed by atoms with E-state index < -0.39 is 6.04 Å². The average Bonchev–Trinajstić information content (AvgIpc) is 2.51. The third-order valence-electron chi connectivity index (χ3n) is 3.02. The van der Waals surface area contributed by atoms with E-state index in [2.05, 4.69) is 5.32 Å². The number of aryl methyl sites for hydroxylation is 1. The van der Waals surface area contributed by atoms with Crippen LogP contribution in [0, 0.1) is 6.92 Å². The first-order valence-corrected chi connectivity index (χ1v) is 6.32. The molecular weight excluding hydrogens is 242 g/mol. The molecule has 0 radical (unpaired) electrons. The molecule has 0 aromatic heterocycles. The molecule has 1 atom stereocenters. The second kappa shape index (κ2) is 5.69. The van der Waals surface area contributed by atoms with Crippen LogP contribution in [-0.4, -0.2) is 24.3 Å². The zero-order valence-electron chi connectivity index (χ0n) is 11.1. The first-order valence-electron chi connectivity index (χ1n) is 6.32. The SMILES string of the molecule is C/C=C/C(=O)NC1CCOc2ccc(C)cc2C1=O. The van der Waals surface area contributed by atoms with Crippen LogP contribution in [0.2, 0.25) is 0 Å². The fraction of sp³-hybridized carbons (Fsp3) is 0.333. The number of fused-ring (bicyclic) bond motifs is 1. The van der Waals surface area contributed by atoms with Gasteiger partial charge in [-0.15, -0.1) is 0 Å². The highest BCUT2D eigenvalue weighted by Crippen LogP contribution is 2.25. The molecule has 1 unspecified atom stereocenters. The number of carbonyl (C=O) groups excluding carboxylic acids is 2. The van der Waals surface area contributed by atoms with Crippen LogP contribution in [0.4, 0.5) is 0 Å². The van der Waals surface area contributed by atoms with Crippen molar-refractivity contribution in [2.24, 2.45) is 0 Å². The minimum Gasteiger partial charge on any atom is -0.493 e. The lowest BCUT2D eigenvalue weighted by Gasteiger charge is -2.13. The Morgan fingerprint density at radius 1 is 1.47 bits per heavy atom. The summed E-state index contributed by atoms with van der Waals surface area (Å²) in [6, 6.07) is 4.99. The van der Waals surface area contributed by atoms with Gasteiger partial charge in [-0.25, -0.2) is 0 Å². The van der Waals surface area contributed by atoms with Crippen LogP contribution in [-0.2, 0) is 4.79 Å². The van der Waals surface area contributed by atoms with E-state index in [0.29, 0.717) is 24.3 Å². The van der Waals surface area contributed by atoms with Crippen LogP contribution in [0.1, 0.15) is 29.3 Å². The first-order chi connectivity index (χ1) is 9.11. The van der Waals surface area contributed by atoms with E-state index in [-0.39, 0.29) is 11.7 Å². The quantitative estimate of drug-likeness (QED) is 0.827. The Bertz CT molecular complexity index is 534. The number of allylic oxidation sites excluding steroid dienone is 1. The van der Waals surface area contributed by atoms with Crippen LogP contribution in [0.3, 0.4) is 0 Å². The second-order valence-corrected chi connectivity index (χ2v) is 4.56. The number of Topliss-reactive ketones (excluding diaryl/α,β-unsaturated/α-hetero) is 1. The molecule has 1 aromatic rings. The van der Waals surface area contributed by atoms with Gasteiger partial charge >= 0.3 is 0 Å². The van der Waals surface area contributed by atoms with E-state index in [1.807, 2.05) is 13.0 Å². The van der Waals surface area contributed by atoms with Gasteiger partial charge in [-0.2, -0.15) is 0 Å². The van der Waals surface area contributed by atoms with Crippen molar-refractivity contribution in [1.29, 1.82) is 0 Å². The number of ether oxygens (including phenoxy) is 1. The summed E-state index contributed by atoms with van der Waals surface area (Å²) >= 11 is 0. The summed E-state index contributed by atoms with van der Waals surface area (Å²) in [5.41, 5.74) is 1.54. The summed E-state index contributed by atoms with van der Waals surface area (Å²) in [4.78, 5) is 24.0. The zero-order valence-corrected chi connectivity index (χ0v) is 11.1. The number of carbonyl (C=O) groups is 2. The Morgan fingerprint density at radius 3 is 3.00 bits per heavy atom. The highest BCUT2D eigenvalue weighted by molar-refractivity contribution is 6.05. The van der Waals surface area contributed by atoms with Gasteiger partial charge in [0.1, 0.15) is 5.75 Å². The van der Waals surface area contributed by atoms with Crippen molar-refractivity contribution in [3.05, 3.63) is 41.5 Å². The molecular formula is C15H17NO3. The average molecular weight is 259 g/mol. The fourth-order valence-corrected chi connectivity index (χ4v) is 2.08. The Morgan fingerprint density at radius 2 is 2.26 bits per heavy atom. The van der Waals surface area contributed by atoms with Crippen LogP contribution >= 0.6 is 0 Å². The van der Waals surface area contributed by atoms with Crippen molar-refractivity contribution < 1.29 is 14.3 Å². The van der Waals surface area contributed by atoms with Crippen molar-refractivity contribution in [3.63, 3.8) is 0 Å². The third-order valence-corrected chi connectivity index (χ3v) is 3.02. The second-order valence-electron chi connectivity index (χ2n) is 4.56. The summed E-state index contributed by atoms with van der Waals surface area (Å²) in [6.07, 6.45) is 3.54. The molecule has 0 fully saturated rings. The number of ketones is 1. The minimum absolute atomic E-state index is 0.0888. The van der Waals surface area contributed by atoms with Crippen molar-refractivity contribution in [1.82, 2.24) is 5.32 Å². The van der Waals surface area contributed by atoms with Gasteiger partial charge in [0.15, 0.2) is 5.78 Å².